The van der Waals surface area contributed by atoms with Crippen LogP contribution in [0.1, 0.15) is 19.8 Å². The summed E-state index contributed by atoms with van der Waals surface area (Å²) in [4.78, 5) is 18.1. The molecule has 2 aromatic heterocycles. The molecule has 1 aromatic carbocycles. The predicted octanol–water partition coefficient (Wildman–Crippen LogP) is 3.06. The summed E-state index contributed by atoms with van der Waals surface area (Å²) in [6.07, 6.45) is 5.06. The lowest BCUT2D eigenvalue weighted by Gasteiger charge is -2.30. The molecular weight excluding hydrogens is 396 g/mol. The van der Waals surface area contributed by atoms with Crippen molar-refractivity contribution in [2.75, 3.05) is 24.2 Å². The highest BCUT2D eigenvalue weighted by molar-refractivity contribution is 7.89. The first-order valence-corrected chi connectivity index (χ1v) is 11.8. The molecule has 0 radical (unpaired) electrons. The maximum absolute atomic E-state index is 12.5. The van der Waals surface area contributed by atoms with Gasteiger partial charge in [0.15, 0.2) is 4.96 Å². The minimum absolute atomic E-state index is 0.0520. The van der Waals surface area contributed by atoms with Gasteiger partial charge in [0.05, 0.1) is 11.4 Å². The summed E-state index contributed by atoms with van der Waals surface area (Å²) < 4.78 is 27.3. The first kappa shape index (κ1) is 19.1. The van der Waals surface area contributed by atoms with Crippen LogP contribution in [0.25, 0.3) is 16.2 Å². The fraction of sp³-hybridized carbons (Fsp3) is 0.368. The number of thiazole rings is 1. The van der Waals surface area contributed by atoms with E-state index in [1.807, 2.05) is 46.4 Å². The average molecular weight is 419 g/mol. The highest BCUT2D eigenvalue weighted by Gasteiger charge is 2.30. The molecule has 1 amide bonds. The third-order valence-electron chi connectivity index (χ3n) is 5.12. The molecule has 0 spiro atoms. The van der Waals surface area contributed by atoms with E-state index in [1.54, 1.807) is 18.3 Å². The summed E-state index contributed by atoms with van der Waals surface area (Å²) in [5.74, 6) is -0.114. The van der Waals surface area contributed by atoms with Gasteiger partial charge < -0.3 is 5.32 Å². The number of sulfonamides is 1. The number of carbonyl (C=O) groups excluding carboxylic acids is 1. The topological polar surface area (TPSA) is 83.8 Å². The van der Waals surface area contributed by atoms with Crippen molar-refractivity contribution in [3.8, 4) is 11.3 Å². The van der Waals surface area contributed by atoms with E-state index < -0.39 is 10.0 Å². The maximum atomic E-state index is 12.5. The van der Waals surface area contributed by atoms with Gasteiger partial charge >= 0.3 is 0 Å². The minimum Gasteiger partial charge on any atom is -0.326 e. The van der Waals surface area contributed by atoms with Crippen LogP contribution < -0.4 is 5.32 Å². The molecule has 1 saturated heterocycles. The molecule has 3 heterocycles. The molecular formula is C19H22N4O3S2. The van der Waals surface area contributed by atoms with Gasteiger partial charge in [0.25, 0.3) is 0 Å². The summed E-state index contributed by atoms with van der Waals surface area (Å²) in [6.45, 7) is 2.46. The van der Waals surface area contributed by atoms with E-state index in [1.165, 1.54) is 4.31 Å². The van der Waals surface area contributed by atoms with Gasteiger partial charge in [-0.3, -0.25) is 9.20 Å². The van der Waals surface area contributed by atoms with Crippen molar-refractivity contribution in [3.63, 3.8) is 0 Å². The lowest BCUT2D eigenvalue weighted by molar-refractivity contribution is -0.120. The quantitative estimate of drug-likeness (QED) is 0.690. The van der Waals surface area contributed by atoms with Crippen LogP contribution in [-0.2, 0) is 14.8 Å². The van der Waals surface area contributed by atoms with Gasteiger partial charge in [-0.2, -0.15) is 0 Å². The van der Waals surface area contributed by atoms with Gasteiger partial charge in [0, 0.05) is 48.0 Å². The van der Waals surface area contributed by atoms with Gasteiger partial charge in [-0.1, -0.05) is 12.1 Å². The van der Waals surface area contributed by atoms with Crippen molar-refractivity contribution in [2.45, 2.75) is 19.8 Å². The van der Waals surface area contributed by atoms with E-state index in [4.69, 9.17) is 0 Å². The number of hydrogen-bond acceptors (Lipinski definition) is 5. The third-order valence-corrected chi connectivity index (χ3v) is 7.78. The average Bonchev–Trinajstić information content (AvgIpc) is 3.31. The Morgan fingerprint density at radius 2 is 1.96 bits per heavy atom. The number of hydrogen-bond donors (Lipinski definition) is 1. The van der Waals surface area contributed by atoms with Crippen molar-refractivity contribution >= 4 is 37.9 Å². The molecule has 1 aliphatic rings. The molecule has 1 fully saturated rings. The number of benzene rings is 1. The minimum atomic E-state index is -3.17. The van der Waals surface area contributed by atoms with Crippen molar-refractivity contribution in [1.82, 2.24) is 13.7 Å². The van der Waals surface area contributed by atoms with Crippen molar-refractivity contribution in [1.29, 1.82) is 0 Å². The molecule has 4 rings (SSSR count). The second-order valence-corrected chi connectivity index (χ2v) is 9.99. The van der Waals surface area contributed by atoms with Crippen LogP contribution in [0.15, 0.2) is 42.0 Å². The molecule has 9 heteroatoms. The van der Waals surface area contributed by atoms with E-state index in [0.29, 0.717) is 25.9 Å². The Hall–Kier alpha value is -2.23. The van der Waals surface area contributed by atoms with Crippen LogP contribution >= 0.6 is 11.3 Å². The van der Waals surface area contributed by atoms with Crippen molar-refractivity contribution < 1.29 is 13.2 Å². The number of amides is 1. The van der Waals surface area contributed by atoms with Crippen LogP contribution in [0.4, 0.5) is 5.69 Å². The van der Waals surface area contributed by atoms with Crippen LogP contribution in [0.5, 0.6) is 0 Å². The van der Waals surface area contributed by atoms with E-state index in [9.17, 15) is 13.2 Å². The highest BCUT2D eigenvalue weighted by atomic mass is 32.2. The van der Waals surface area contributed by atoms with Gasteiger partial charge in [0.2, 0.25) is 15.9 Å². The van der Waals surface area contributed by atoms with Crippen LogP contribution in [0.3, 0.4) is 0 Å². The van der Waals surface area contributed by atoms with Crippen LogP contribution in [-0.4, -0.2) is 46.9 Å². The summed E-state index contributed by atoms with van der Waals surface area (Å²) >= 11 is 1.59. The number of imidazole rings is 1. The first-order chi connectivity index (χ1) is 13.5. The van der Waals surface area contributed by atoms with Crippen molar-refractivity contribution in [3.05, 3.63) is 42.0 Å². The maximum Gasteiger partial charge on any atom is 0.227 e. The van der Waals surface area contributed by atoms with Gasteiger partial charge in [-0.05, 0) is 31.9 Å². The molecule has 28 heavy (non-hydrogen) atoms. The molecule has 0 saturated carbocycles. The summed E-state index contributed by atoms with van der Waals surface area (Å²) in [6, 6.07) is 7.63. The largest absolute Gasteiger partial charge is 0.326 e. The monoisotopic (exact) mass is 418 g/mol. The number of anilines is 1. The molecule has 0 aliphatic carbocycles. The molecule has 0 bridgehead atoms. The van der Waals surface area contributed by atoms with E-state index in [0.717, 1.165) is 21.9 Å². The van der Waals surface area contributed by atoms with Crippen LogP contribution in [0, 0.1) is 5.92 Å². The second kappa shape index (κ2) is 7.65. The molecule has 148 valence electrons. The number of fused-ring (bicyclic) bond motifs is 1. The Morgan fingerprint density at radius 3 is 2.61 bits per heavy atom. The zero-order valence-corrected chi connectivity index (χ0v) is 17.2. The number of nitrogens with one attached hydrogen (secondary N) is 1. The molecule has 0 atom stereocenters. The lowest BCUT2D eigenvalue weighted by atomic mass is 9.97. The van der Waals surface area contributed by atoms with Gasteiger partial charge in [0.1, 0.15) is 0 Å². The zero-order chi connectivity index (χ0) is 19.7. The van der Waals surface area contributed by atoms with Gasteiger partial charge in [-0.15, -0.1) is 11.3 Å². The fourth-order valence-electron chi connectivity index (χ4n) is 3.41. The first-order valence-electron chi connectivity index (χ1n) is 9.27. The molecule has 1 N–H and O–H groups in total. The van der Waals surface area contributed by atoms with Crippen LogP contribution in [0.2, 0.25) is 0 Å². The molecule has 0 unspecified atom stereocenters. The lowest BCUT2D eigenvalue weighted by Crippen LogP contribution is -2.42. The Balaban J connectivity index is 1.37. The molecule has 7 nitrogen and oxygen atoms in total. The number of rotatable bonds is 5. The predicted molar refractivity (Wildman–Crippen MR) is 111 cm³/mol. The van der Waals surface area contributed by atoms with E-state index in [2.05, 4.69) is 10.3 Å². The van der Waals surface area contributed by atoms with Crippen molar-refractivity contribution in [2.24, 2.45) is 5.92 Å². The van der Waals surface area contributed by atoms with E-state index >= 15 is 0 Å². The normalized spacial score (nSPS) is 16.5. The zero-order valence-electron chi connectivity index (χ0n) is 15.5. The second-order valence-electron chi connectivity index (χ2n) is 6.86. The highest BCUT2D eigenvalue weighted by Crippen LogP contribution is 2.25. The Labute approximate surface area is 168 Å². The Bertz CT molecular complexity index is 1050. The fourth-order valence-corrected chi connectivity index (χ4v) is 5.25. The summed E-state index contributed by atoms with van der Waals surface area (Å²) in [7, 11) is -3.17. The number of nitrogens with zero attached hydrogens (tertiary/aromatic N) is 3. The molecule has 3 aromatic rings. The third kappa shape index (κ3) is 3.82. The number of carbonyl (C=O) groups is 1. The smallest absolute Gasteiger partial charge is 0.227 e. The Morgan fingerprint density at radius 1 is 1.25 bits per heavy atom. The SMILES string of the molecule is CCS(=O)(=O)N1CCC(C(=O)Nc2ccc(-c3cn4ccsc4n3)cc2)CC1. The number of piperidine rings is 1. The Kier molecular flexibility index (Phi) is 5.22. The van der Waals surface area contributed by atoms with E-state index in [-0.39, 0.29) is 17.6 Å². The summed E-state index contributed by atoms with van der Waals surface area (Å²) in [5, 5.41) is 4.94. The standard InChI is InChI=1S/C19H22N4O3S2/c1-2-28(25,26)23-9-7-15(8-10-23)18(24)20-16-5-3-14(4-6-16)17-13-22-11-12-27-19(22)21-17/h3-6,11-13,15H,2,7-10H2,1H3,(H,20,24). The van der Waals surface area contributed by atoms with Gasteiger partial charge in [-0.25, -0.2) is 17.7 Å². The summed E-state index contributed by atoms with van der Waals surface area (Å²) in [5.41, 5.74) is 2.62. The molecule has 1 aliphatic heterocycles. The number of aromatic nitrogens is 2.